The summed E-state index contributed by atoms with van der Waals surface area (Å²) in [5, 5.41) is 0. The first-order valence-corrected chi connectivity index (χ1v) is 4.72. The molecule has 0 saturated heterocycles. The smallest absolute Gasteiger partial charge is 0.158 e. The second-order valence-corrected chi connectivity index (χ2v) is 3.48. The Balaban J connectivity index is 3.40. The average molecular weight is 188 g/mol. The number of hydrogen-bond acceptors (Lipinski definition) is 3. The quantitative estimate of drug-likeness (QED) is 0.611. The zero-order valence-electron chi connectivity index (χ0n) is 9.00. The van der Waals surface area contributed by atoms with Gasteiger partial charge in [0.2, 0.25) is 0 Å². The molecule has 0 spiro atoms. The van der Waals surface area contributed by atoms with Crippen LogP contribution >= 0.6 is 0 Å². The fourth-order valence-corrected chi connectivity index (χ4v) is 0.814. The van der Waals surface area contributed by atoms with E-state index in [1.165, 1.54) is 0 Å². The maximum Gasteiger partial charge on any atom is 0.158 e. The van der Waals surface area contributed by atoms with Gasteiger partial charge in [-0.2, -0.15) is 0 Å². The summed E-state index contributed by atoms with van der Waals surface area (Å²) in [5.74, 6) is 0.151. The SMILES string of the molecule is COC(C)CCC(=O)COC(C)C. The van der Waals surface area contributed by atoms with E-state index < -0.39 is 0 Å². The first-order chi connectivity index (χ1) is 6.06. The molecular weight excluding hydrogens is 168 g/mol. The lowest BCUT2D eigenvalue weighted by molar-refractivity contribution is -0.125. The van der Waals surface area contributed by atoms with Crippen molar-refractivity contribution in [2.75, 3.05) is 13.7 Å². The summed E-state index contributed by atoms with van der Waals surface area (Å²) in [6.07, 6.45) is 1.60. The highest BCUT2D eigenvalue weighted by atomic mass is 16.5. The van der Waals surface area contributed by atoms with Crippen LogP contribution in [0.4, 0.5) is 0 Å². The van der Waals surface area contributed by atoms with Crippen LogP contribution in [0, 0.1) is 0 Å². The molecule has 1 atom stereocenters. The number of carbonyl (C=O) groups excluding carboxylic acids is 1. The third kappa shape index (κ3) is 7.94. The van der Waals surface area contributed by atoms with Crippen LogP contribution in [0.1, 0.15) is 33.6 Å². The number of carbonyl (C=O) groups is 1. The summed E-state index contributed by atoms with van der Waals surface area (Å²) in [6, 6.07) is 0. The predicted molar refractivity (Wildman–Crippen MR) is 51.8 cm³/mol. The summed E-state index contributed by atoms with van der Waals surface area (Å²) < 4.78 is 10.2. The molecular formula is C10H20O3. The van der Waals surface area contributed by atoms with Gasteiger partial charge in [0.1, 0.15) is 6.61 Å². The monoisotopic (exact) mass is 188 g/mol. The molecule has 0 radical (unpaired) electrons. The molecule has 1 unspecified atom stereocenters. The minimum atomic E-state index is 0.129. The van der Waals surface area contributed by atoms with Gasteiger partial charge in [-0.25, -0.2) is 0 Å². The second-order valence-electron chi connectivity index (χ2n) is 3.48. The van der Waals surface area contributed by atoms with Crippen LogP contribution in [-0.2, 0) is 14.3 Å². The molecule has 0 fully saturated rings. The minimum Gasteiger partial charge on any atom is -0.382 e. The molecule has 0 aliphatic heterocycles. The topological polar surface area (TPSA) is 35.5 Å². The Morgan fingerprint density at radius 1 is 1.31 bits per heavy atom. The summed E-state index contributed by atoms with van der Waals surface area (Å²) in [5.41, 5.74) is 0. The maximum atomic E-state index is 11.2. The molecule has 0 heterocycles. The van der Waals surface area contributed by atoms with E-state index in [1.54, 1.807) is 7.11 Å². The van der Waals surface area contributed by atoms with Crippen LogP contribution in [0.2, 0.25) is 0 Å². The van der Waals surface area contributed by atoms with Crippen LogP contribution < -0.4 is 0 Å². The lowest BCUT2D eigenvalue weighted by Crippen LogP contribution is -2.15. The Morgan fingerprint density at radius 3 is 2.38 bits per heavy atom. The largest absolute Gasteiger partial charge is 0.382 e. The fraction of sp³-hybridized carbons (Fsp3) is 0.900. The average Bonchev–Trinajstić information content (AvgIpc) is 2.10. The van der Waals surface area contributed by atoms with Crippen molar-refractivity contribution in [3.63, 3.8) is 0 Å². The Morgan fingerprint density at radius 2 is 1.92 bits per heavy atom. The van der Waals surface area contributed by atoms with Gasteiger partial charge in [-0.05, 0) is 27.2 Å². The van der Waals surface area contributed by atoms with Crippen LogP contribution in [0.25, 0.3) is 0 Å². The fourth-order valence-electron chi connectivity index (χ4n) is 0.814. The van der Waals surface area contributed by atoms with E-state index >= 15 is 0 Å². The van der Waals surface area contributed by atoms with Crippen molar-refractivity contribution >= 4 is 5.78 Å². The highest BCUT2D eigenvalue weighted by Crippen LogP contribution is 2.01. The number of methoxy groups -OCH3 is 1. The highest BCUT2D eigenvalue weighted by molar-refractivity contribution is 5.79. The minimum absolute atomic E-state index is 0.129. The van der Waals surface area contributed by atoms with Crippen molar-refractivity contribution in [2.45, 2.75) is 45.8 Å². The highest BCUT2D eigenvalue weighted by Gasteiger charge is 2.06. The van der Waals surface area contributed by atoms with Crippen molar-refractivity contribution in [2.24, 2.45) is 0 Å². The molecule has 0 N–H and O–H groups in total. The standard InChI is InChI=1S/C10H20O3/c1-8(2)13-7-10(11)6-5-9(3)12-4/h8-9H,5-7H2,1-4H3. The number of ketones is 1. The van der Waals surface area contributed by atoms with Gasteiger partial charge in [-0.3, -0.25) is 4.79 Å². The van der Waals surface area contributed by atoms with E-state index in [-0.39, 0.29) is 24.6 Å². The molecule has 3 nitrogen and oxygen atoms in total. The molecule has 0 aromatic carbocycles. The zero-order valence-corrected chi connectivity index (χ0v) is 9.00. The molecule has 0 aliphatic carbocycles. The van der Waals surface area contributed by atoms with Gasteiger partial charge >= 0.3 is 0 Å². The van der Waals surface area contributed by atoms with Gasteiger partial charge in [0.05, 0.1) is 12.2 Å². The van der Waals surface area contributed by atoms with E-state index in [2.05, 4.69) is 0 Å². The third-order valence-electron chi connectivity index (χ3n) is 1.81. The zero-order chi connectivity index (χ0) is 10.3. The van der Waals surface area contributed by atoms with Gasteiger partial charge in [0, 0.05) is 13.5 Å². The van der Waals surface area contributed by atoms with Crippen molar-refractivity contribution in [3.05, 3.63) is 0 Å². The molecule has 0 aromatic rings. The molecule has 0 bridgehead atoms. The summed E-state index contributed by atoms with van der Waals surface area (Å²) >= 11 is 0. The molecule has 0 amide bonds. The van der Waals surface area contributed by atoms with Crippen LogP contribution in [0.5, 0.6) is 0 Å². The van der Waals surface area contributed by atoms with Gasteiger partial charge in [-0.15, -0.1) is 0 Å². The molecule has 0 saturated carbocycles. The Bertz CT molecular complexity index is 143. The predicted octanol–water partition coefficient (Wildman–Crippen LogP) is 1.80. The summed E-state index contributed by atoms with van der Waals surface area (Å²) in [4.78, 5) is 11.2. The molecule has 3 heteroatoms. The van der Waals surface area contributed by atoms with E-state index in [9.17, 15) is 4.79 Å². The second kappa shape index (κ2) is 7.04. The van der Waals surface area contributed by atoms with Gasteiger partial charge in [-0.1, -0.05) is 0 Å². The van der Waals surface area contributed by atoms with Crippen LogP contribution in [0.15, 0.2) is 0 Å². The lowest BCUT2D eigenvalue weighted by atomic mass is 10.1. The molecule has 78 valence electrons. The van der Waals surface area contributed by atoms with Crippen LogP contribution in [0.3, 0.4) is 0 Å². The molecule has 0 aromatic heterocycles. The van der Waals surface area contributed by atoms with Gasteiger partial charge < -0.3 is 9.47 Å². The van der Waals surface area contributed by atoms with Crippen molar-refractivity contribution in [1.29, 1.82) is 0 Å². The van der Waals surface area contributed by atoms with Gasteiger partial charge in [0.25, 0.3) is 0 Å². The van der Waals surface area contributed by atoms with E-state index in [0.29, 0.717) is 6.42 Å². The molecule has 0 aliphatic rings. The van der Waals surface area contributed by atoms with E-state index in [1.807, 2.05) is 20.8 Å². The Kier molecular flexibility index (Phi) is 6.82. The lowest BCUT2D eigenvalue weighted by Gasteiger charge is -2.09. The van der Waals surface area contributed by atoms with Crippen molar-refractivity contribution in [3.8, 4) is 0 Å². The molecule has 0 rings (SSSR count). The number of rotatable bonds is 7. The van der Waals surface area contributed by atoms with E-state index in [4.69, 9.17) is 9.47 Å². The Labute approximate surface area is 80.4 Å². The first-order valence-electron chi connectivity index (χ1n) is 4.72. The summed E-state index contributed by atoms with van der Waals surface area (Å²) in [6.45, 7) is 6.03. The third-order valence-corrected chi connectivity index (χ3v) is 1.81. The first kappa shape index (κ1) is 12.6. The van der Waals surface area contributed by atoms with Crippen molar-refractivity contribution in [1.82, 2.24) is 0 Å². The van der Waals surface area contributed by atoms with Crippen LogP contribution in [-0.4, -0.2) is 31.7 Å². The Hall–Kier alpha value is -0.410. The van der Waals surface area contributed by atoms with Crippen molar-refractivity contribution < 1.29 is 14.3 Å². The summed E-state index contributed by atoms with van der Waals surface area (Å²) in [7, 11) is 1.65. The van der Waals surface area contributed by atoms with Gasteiger partial charge in [0.15, 0.2) is 5.78 Å². The number of ether oxygens (including phenoxy) is 2. The number of hydrogen-bond donors (Lipinski definition) is 0. The maximum absolute atomic E-state index is 11.2. The van der Waals surface area contributed by atoms with E-state index in [0.717, 1.165) is 6.42 Å². The molecule has 13 heavy (non-hydrogen) atoms. The normalized spacial score (nSPS) is 13.3. The number of Topliss-reactive ketones (excluding diaryl/α,β-unsaturated/α-hetero) is 1.